The first-order valence-electron chi connectivity index (χ1n) is 5.23. The van der Waals surface area contributed by atoms with E-state index in [9.17, 15) is 22.4 Å². The minimum atomic E-state index is -4.70. The molecule has 1 N–H and O–H groups in total. The van der Waals surface area contributed by atoms with E-state index in [1.54, 1.807) is 13.8 Å². The molecule has 1 atom stereocenters. The lowest BCUT2D eigenvalue weighted by atomic mass is 9.87. The van der Waals surface area contributed by atoms with E-state index in [1.807, 2.05) is 0 Å². The third-order valence-electron chi connectivity index (χ3n) is 2.54. The average molecular weight is 264 g/mol. The topological polar surface area (TPSA) is 37.3 Å². The summed E-state index contributed by atoms with van der Waals surface area (Å²) in [7, 11) is 0. The van der Waals surface area contributed by atoms with Crippen molar-refractivity contribution in [2.75, 3.05) is 0 Å². The van der Waals surface area contributed by atoms with Gasteiger partial charge in [-0.1, -0.05) is 13.8 Å². The maximum absolute atomic E-state index is 13.2. The largest absolute Gasteiger partial charge is 0.481 e. The van der Waals surface area contributed by atoms with Crippen molar-refractivity contribution in [3.8, 4) is 0 Å². The minimum absolute atomic E-state index is 0.176. The van der Waals surface area contributed by atoms with Crippen molar-refractivity contribution >= 4 is 5.97 Å². The van der Waals surface area contributed by atoms with E-state index in [0.717, 1.165) is 6.07 Å². The number of carboxylic acids is 1. The van der Waals surface area contributed by atoms with Gasteiger partial charge in [-0.2, -0.15) is 13.2 Å². The highest BCUT2D eigenvalue weighted by atomic mass is 19.4. The lowest BCUT2D eigenvalue weighted by Crippen LogP contribution is -2.18. The van der Waals surface area contributed by atoms with Gasteiger partial charge >= 0.3 is 12.1 Å². The summed E-state index contributed by atoms with van der Waals surface area (Å²) in [5.41, 5.74) is -1.35. The Hall–Kier alpha value is -1.59. The fourth-order valence-electron chi connectivity index (χ4n) is 1.77. The highest BCUT2D eigenvalue weighted by Gasteiger charge is 2.33. The van der Waals surface area contributed by atoms with Gasteiger partial charge in [0.05, 0.1) is 11.5 Å². The number of halogens is 4. The fraction of sp³-hybridized carbons (Fsp3) is 0.417. The molecule has 0 aliphatic heterocycles. The van der Waals surface area contributed by atoms with Gasteiger partial charge in [0.2, 0.25) is 0 Å². The first-order valence-corrected chi connectivity index (χ1v) is 5.23. The van der Waals surface area contributed by atoms with Gasteiger partial charge in [0.1, 0.15) is 5.82 Å². The van der Waals surface area contributed by atoms with Crippen LogP contribution in [0.25, 0.3) is 0 Å². The molecule has 2 nitrogen and oxygen atoms in total. The van der Waals surface area contributed by atoms with E-state index in [2.05, 4.69) is 0 Å². The molecule has 1 aromatic rings. The third-order valence-corrected chi connectivity index (χ3v) is 2.54. The van der Waals surface area contributed by atoms with Crippen molar-refractivity contribution in [3.05, 3.63) is 35.1 Å². The third kappa shape index (κ3) is 3.21. The second-order valence-electron chi connectivity index (χ2n) is 4.33. The molecular weight excluding hydrogens is 252 g/mol. The predicted octanol–water partition coefficient (Wildman–Crippen LogP) is 3.67. The van der Waals surface area contributed by atoms with Gasteiger partial charge in [0, 0.05) is 0 Å². The number of hydrogen-bond donors (Lipinski definition) is 1. The van der Waals surface area contributed by atoms with Gasteiger partial charge in [0.15, 0.2) is 0 Å². The Labute approximate surface area is 101 Å². The molecule has 0 aliphatic carbocycles. The molecule has 6 heteroatoms. The number of carboxylic acid groups (broad SMARTS) is 1. The van der Waals surface area contributed by atoms with E-state index >= 15 is 0 Å². The van der Waals surface area contributed by atoms with E-state index in [1.165, 1.54) is 0 Å². The van der Waals surface area contributed by atoms with Gasteiger partial charge in [-0.3, -0.25) is 4.79 Å². The molecule has 0 fully saturated rings. The Balaban J connectivity index is 3.32. The first kappa shape index (κ1) is 14.5. The van der Waals surface area contributed by atoms with Crippen LogP contribution in [0, 0.1) is 11.7 Å². The van der Waals surface area contributed by atoms with Crippen LogP contribution in [-0.4, -0.2) is 11.1 Å². The highest BCUT2D eigenvalue weighted by molar-refractivity contribution is 5.76. The summed E-state index contributed by atoms with van der Waals surface area (Å²) in [5, 5.41) is 8.98. The smallest absolute Gasteiger partial charge is 0.416 e. The SMILES string of the molecule is CC(C)C(C(=O)O)c1cc(F)cc(C(F)(F)F)c1. The van der Waals surface area contributed by atoms with Crippen molar-refractivity contribution in [2.24, 2.45) is 5.92 Å². The first-order chi connectivity index (χ1) is 8.12. The Kier molecular flexibility index (Phi) is 3.98. The Bertz CT molecular complexity index is 452. The summed E-state index contributed by atoms with van der Waals surface area (Å²) in [6.45, 7) is 3.11. The molecule has 0 aliphatic rings. The molecule has 0 bridgehead atoms. The lowest BCUT2D eigenvalue weighted by Gasteiger charge is -2.18. The van der Waals surface area contributed by atoms with E-state index in [-0.39, 0.29) is 5.56 Å². The number of benzene rings is 1. The maximum atomic E-state index is 13.2. The molecule has 0 saturated heterocycles. The van der Waals surface area contributed by atoms with Crippen LogP contribution in [0.5, 0.6) is 0 Å². The Morgan fingerprint density at radius 2 is 1.78 bits per heavy atom. The van der Waals surface area contributed by atoms with Crippen molar-refractivity contribution in [1.82, 2.24) is 0 Å². The summed E-state index contributed by atoms with van der Waals surface area (Å²) < 4.78 is 50.7. The maximum Gasteiger partial charge on any atom is 0.416 e. The van der Waals surface area contributed by atoms with Gasteiger partial charge in [-0.15, -0.1) is 0 Å². The van der Waals surface area contributed by atoms with Crippen LogP contribution in [-0.2, 0) is 11.0 Å². The number of alkyl halides is 3. The quantitative estimate of drug-likeness (QED) is 0.846. The van der Waals surface area contributed by atoms with Crippen LogP contribution >= 0.6 is 0 Å². The number of hydrogen-bond acceptors (Lipinski definition) is 1. The fourth-order valence-corrected chi connectivity index (χ4v) is 1.77. The summed E-state index contributed by atoms with van der Waals surface area (Å²) in [6.07, 6.45) is -4.70. The zero-order valence-electron chi connectivity index (χ0n) is 9.75. The van der Waals surface area contributed by atoms with E-state index in [0.29, 0.717) is 12.1 Å². The van der Waals surface area contributed by atoms with Crippen molar-refractivity contribution < 1.29 is 27.5 Å². The van der Waals surface area contributed by atoms with Crippen molar-refractivity contribution in [3.63, 3.8) is 0 Å². The van der Waals surface area contributed by atoms with Crippen LogP contribution in [0.15, 0.2) is 18.2 Å². The van der Waals surface area contributed by atoms with Crippen molar-refractivity contribution in [2.45, 2.75) is 25.9 Å². The Morgan fingerprint density at radius 1 is 1.22 bits per heavy atom. The van der Waals surface area contributed by atoms with E-state index in [4.69, 9.17) is 5.11 Å². The summed E-state index contributed by atoms with van der Waals surface area (Å²) in [5.74, 6) is -3.97. The predicted molar refractivity (Wildman–Crippen MR) is 56.6 cm³/mol. The lowest BCUT2D eigenvalue weighted by molar-refractivity contribution is -0.141. The van der Waals surface area contributed by atoms with Crippen LogP contribution < -0.4 is 0 Å². The molecule has 0 spiro atoms. The molecule has 1 rings (SSSR count). The van der Waals surface area contributed by atoms with Gasteiger partial charge < -0.3 is 5.11 Å². The second kappa shape index (κ2) is 4.96. The molecule has 0 saturated carbocycles. The van der Waals surface area contributed by atoms with Gasteiger partial charge in [0.25, 0.3) is 0 Å². The molecular formula is C12H12F4O2. The summed E-state index contributed by atoms with van der Waals surface area (Å²) in [4.78, 5) is 11.0. The second-order valence-corrected chi connectivity index (χ2v) is 4.33. The summed E-state index contributed by atoms with van der Waals surface area (Å²) >= 11 is 0. The summed E-state index contributed by atoms with van der Waals surface area (Å²) in [6, 6.07) is 1.86. The number of carbonyl (C=O) groups is 1. The molecule has 0 amide bonds. The van der Waals surface area contributed by atoms with Crippen LogP contribution in [0.4, 0.5) is 17.6 Å². The highest BCUT2D eigenvalue weighted by Crippen LogP contribution is 2.33. The standard InChI is InChI=1S/C12H12F4O2/c1-6(2)10(11(17)18)7-3-8(12(14,15)16)5-9(13)4-7/h3-6,10H,1-2H3,(H,17,18). The minimum Gasteiger partial charge on any atom is -0.481 e. The molecule has 0 heterocycles. The zero-order chi connectivity index (χ0) is 14.1. The molecule has 18 heavy (non-hydrogen) atoms. The number of rotatable bonds is 3. The monoisotopic (exact) mass is 264 g/mol. The Morgan fingerprint density at radius 3 is 2.17 bits per heavy atom. The van der Waals surface area contributed by atoms with Crippen LogP contribution in [0.2, 0.25) is 0 Å². The molecule has 0 radical (unpaired) electrons. The van der Waals surface area contributed by atoms with Gasteiger partial charge in [-0.05, 0) is 29.7 Å². The van der Waals surface area contributed by atoms with Gasteiger partial charge in [-0.25, -0.2) is 4.39 Å². The zero-order valence-corrected chi connectivity index (χ0v) is 9.75. The normalized spacial score (nSPS) is 13.7. The molecule has 0 aromatic heterocycles. The molecule has 1 aromatic carbocycles. The number of aliphatic carboxylic acids is 1. The van der Waals surface area contributed by atoms with Crippen LogP contribution in [0.1, 0.15) is 30.9 Å². The van der Waals surface area contributed by atoms with Crippen molar-refractivity contribution in [1.29, 1.82) is 0 Å². The molecule has 100 valence electrons. The average Bonchev–Trinajstić information content (AvgIpc) is 2.13. The molecule has 1 unspecified atom stereocenters. The van der Waals surface area contributed by atoms with Crippen LogP contribution in [0.3, 0.4) is 0 Å². The van der Waals surface area contributed by atoms with E-state index < -0.39 is 35.4 Å².